The lowest BCUT2D eigenvalue weighted by Crippen LogP contribution is -2.49. The Hall–Kier alpha value is -1.62. The van der Waals surface area contributed by atoms with Crippen LogP contribution in [0, 0.1) is 0 Å². The van der Waals surface area contributed by atoms with Crippen LogP contribution in [0.1, 0.15) is 43.9 Å². The molecule has 0 spiro atoms. The van der Waals surface area contributed by atoms with Gasteiger partial charge in [-0.05, 0) is 31.2 Å². The average Bonchev–Trinajstić information content (AvgIpc) is 3.21. The molecule has 1 amide bonds. The maximum Gasteiger partial charge on any atom is 0.231 e. The fourth-order valence-electron chi connectivity index (χ4n) is 3.41. The van der Waals surface area contributed by atoms with Gasteiger partial charge in [-0.25, -0.2) is 4.98 Å². The zero-order valence-electron chi connectivity index (χ0n) is 13.0. The number of carbonyl (C=O) groups is 1. The molecule has 0 aromatic carbocycles. The molecule has 0 unspecified atom stereocenters. The van der Waals surface area contributed by atoms with Gasteiger partial charge < -0.3 is 9.88 Å². The summed E-state index contributed by atoms with van der Waals surface area (Å²) in [5.41, 5.74) is -0.310. The Morgan fingerprint density at radius 1 is 1.45 bits per heavy atom. The summed E-state index contributed by atoms with van der Waals surface area (Å²) < 4.78 is 2.00. The smallest absolute Gasteiger partial charge is 0.231 e. The molecule has 1 atom stereocenters. The molecule has 22 heavy (non-hydrogen) atoms. The molecule has 1 saturated carbocycles. The van der Waals surface area contributed by atoms with E-state index in [2.05, 4.69) is 34.7 Å². The van der Waals surface area contributed by atoms with Gasteiger partial charge in [0.05, 0.1) is 11.7 Å². The molecule has 1 N–H and O–H groups in total. The van der Waals surface area contributed by atoms with Gasteiger partial charge in [-0.2, -0.15) is 0 Å². The first-order valence-corrected chi connectivity index (χ1v) is 8.89. The van der Waals surface area contributed by atoms with E-state index in [9.17, 15) is 4.79 Å². The molecule has 0 bridgehead atoms. The second-order valence-electron chi connectivity index (χ2n) is 6.25. The van der Waals surface area contributed by atoms with Crippen LogP contribution in [-0.2, 0) is 16.8 Å². The fourth-order valence-corrected chi connectivity index (χ4v) is 4.39. The van der Waals surface area contributed by atoms with E-state index in [-0.39, 0.29) is 17.4 Å². The van der Waals surface area contributed by atoms with Gasteiger partial charge in [-0.3, -0.25) is 4.79 Å². The van der Waals surface area contributed by atoms with E-state index in [1.165, 1.54) is 11.3 Å². The minimum absolute atomic E-state index is 0.0977. The molecule has 0 aliphatic heterocycles. The molecule has 5 heteroatoms. The Kier molecular flexibility index (Phi) is 4.62. The van der Waals surface area contributed by atoms with Crippen LogP contribution in [0.3, 0.4) is 0 Å². The van der Waals surface area contributed by atoms with Crippen molar-refractivity contribution in [1.82, 2.24) is 14.9 Å². The van der Waals surface area contributed by atoms with Gasteiger partial charge in [0.2, 0.25) is 5.91 Å². The maximum atomic E-state index is 13.0. The predicted octanol–water partition coefficient (Wildman–Crippen LogP) is 3.35. The van der Waals surface area contributed by atoms with Gasteiger partial charge in [-0.15, -0.1) is 11.3 Å². The number of nitrogens with zero attached hydrogens (tertiary/aromatic N) is 2. The molecule has 2 heterocycles. The number of hydrogen-bond donors (Lipinski definition) is 1. The van der Waals surface area contributed by atoms with Crippen molar-refractivity contribution >= 4 is 17.2 Å². The molecule has 118 valence electrons. The van der Waals surface area contributed by atoms with Crippen LogP contribution in [0.2, 0.25) is 0 Å². The van der Waals surface area contributed by atoms with Crippen LogP contribution in [0.4, 0.5) is 0 Å². The Morgan fingerprint density at radius 2 is 2.27 bits per heavy atom. The van der Waals surface area contributed by atoms with Crippen molar-refractivity contribution in [1.29, 1.82) is 0 Å². The van der Waals surface area contributed by atoms with Gasteiger partial charge in [0.25, 0.3) is 0 Å². The zero-order valence-corrected chi connectivity index (χ0v) is 13.8. The van der Waals surface area contributed by atoms with E-state index in [1.807, 2.05) is 10.8 Å². The summed E-state index contributed by atoms with van der Waals surface area (Å²) in [5.74, 6) is 0.197. The third-order valence-corrected chi connectivity index (χ3v) is 5.63. The van der Waals surface area contributed by atoms with E-state index >= 15 is 0 Å². The Bertz CT molecular complexity index is 585. The molecule has 0 radical (unpaired) electrons. The van der Waals surface area contributed by atoms with Crippen molar-refractivity contribution < 1.29 is 4.79 Å². The van der Waals surface area contributed by atoms with Gasteiger partial charge in [0.15, 0.2) is 0 Å². The SMILES string of the molecule is C[C@H](Cn1ccnc1)NC(=O)C1(c2cccs2)CCCCC1. The standard InChI is InChI=1S/C17H23N3OS/c1-14(12-20-10-9-18-13-20)19-16(21)17(7-3-2-4-8-17)15-6-5-11-22-15/h5-6,9-11,13-14H,2-4,7-8,12H2,1H3,(H,19,21)/t14-/m1/s1. The number of aromatic nitrogens is 2. The number of amides is 1. The second kappa shape index (κ2) is 6.65. The third-order valence-electron chi connectivity index (χ3n) is 4.56. The van der Waals surface area contributed by atoms with Crippen molar-refractivity contribution in [2.75, 3.05) is 0 Å². The first-order valence-electron chi connectivity index (χ1n) is 8.01. The highest BCUT2D eigenvalue weighted by molar-refractivity contribution is 7.10. The molecule has 1 fully saturated rings. The highest BCUT2D eigenvalue weighted by Crippen LogP contribution is 2.41. The van der Waals surface area contributed by atoms with E-state index in [0.29, 0.717) is 0 Å². The number of thiophene rings is 1. The fraction of sp³-hybridized carbons (Fsp3) is 0.529. The Labute approximate surface area is 135 Å². The molecule has 3 rings (SSSR count). The molecule has 4 nitrogen and oxygen atoms in total. The number of nitrogens with one attached hydrogen (secondary N) is 1. The Balaban J connectivity index is 1.72. The Morgan fingerprint density at radius 3 is 2.91 bits per heavy atom. The van der Waals surface area contributed by atoms with Crippen LogP contribution < -0.4 is 5.32 Å². The monoisotopic (exact) mass is 317 g/mol. The molecule has 2 aromatic heterocycles. The van der Waals surface area contributed by atoms with Crippen LogP contribution >= 0.6 is 11.3 Å². The quantitative estimate of drug-likeness (QED) is 0.919. The van der Waals surface area contributed by atoms with E-state index in [4.69, 9.17) is 0 Å². The number of rotatable bonds is 5. The van der Waals surface area contributed by atoms with Gasteiger partial charge >= 0.3 is 0 Å². The van der Waals surface area contributed by atoms with Gasteiger partial charge in [-0.1, -0.05) is 25.3 Å². The first kappa shape index (κ1) is 15.3. The van der Waals surface area contributed by atoms with E-state index < -0.39 is 0 Å². The lowest BCUT2D eigenvalue weighted by Gasteiger charge is -2.36. The van der Waals surface area contributed by atoms with E-state index in [1.54, 1.807) is 23.9 Å². The summed E-state index contributed by atoms with van der Waals surface area (Å²) in [7, 11) is 0. The molecule has 1 aliphatic rings. The van der Waals surface area contributed by atoms with Gasteiger partial charge in [0, 0.05) is 29.9 Å². The van der Waals surface area contributed by atoms with E-state index in [0.717, 1.165) is 32.2 Å². The third kappa shape index (κ3) is 3.09. The van der Waals surface area contributed by atoms with Crippen molar-refractivity contribution in [3.8, 4) is 0 Å². The molecular formula is C17H23N3OS. The minimum atomic E-state index is -0.310. The summed E-state index contributed by atoms with van der Waals surface area (Å²) in [6.07, 6.45) is 10.9. The number of hydrogen-bond acceptors (Lipinski definition) is 3. The minimum Gasteiger partial charge on any atom is -0.351 e. The highest BCUT2D eigenvalue weighted by atomic mass is 32.1. The summed E-state index contributed by atoms with van der Waals surface area (Å²) >= 11 is 1.71. The summed E-state index contributed by atoms with van der Waals surface area (Å²) in [6.45, 7) is 2.81. The first-order chi connectivity index (χ1) is 10.7. The van der Waals surface area contributed by atoms with Crippen LogP contribution in [0.15, 0.2) is 36.2 Å². The second-order valence-corrected chi connectivity index (χ2v) is 7.20. The lowest BCUT2D eigenvalue weighted by atomic mass is 9.72. The topological polar surface area (TPSA) is 46.9 Å². The van der Waals surface area contributed by atoms with Crippen molar-refractivity contribution in [3.05, 3.63) is 41.1 Å². The van der Waals surface area contributed by atoms with Crippen molar-refractivity contribution in [3.63, 3.8) is 0 Å². The number of carbonyl (C=O) groups excluding carboxylic acids is 1. The van der Waals surface area contributed by atoms with Crippen molar-refractivity contribution in [2.45, 2.75) is 57.0 Å². The molecule has 2 aromatic rings. The van der Waals surface area contributed by atoms with Crippen LogP contribution in [0.25, 0.3) is 0 Å². The van der Waals surface area contributed by atoms with Crippen LogP contribution in [0.5, 0.6) is 0 Å². The summed E-state index contributed by atoms with van der Waals surface area (Å²) in [6, 6.07) is 4.27. The molecule has 1 aliphatic carbocycles. The molecule has 0 saturated heterocycles. The summed E-state index contributed by atoms with van der Waals surface area (Å²) in [5, 5.41) is 5.31. The summed E-state index contributed by atoms with van der Waals surface area (Å²) in [4.78, 5) is 18.3. The normalized spacial score (nSPS) is 18.8. The number of imidazole rings is 1. The predicted molar refractivity (Wildman–Crippen MR) is 88.9 cm³/mol. The van der Waals surface area contributed by atoms with Gasteiger partial charge in [0.1, 0.15) is 0 Å². The molecular weight excluding hydrogens is 294 g/mol. The van der Waals surface area contributed by atoms with Crippen molar-refractivity contribution in [2.24, 2.45) is 0 Å². The largest absolute Gasteiger partial charge is 0.351 e. The van der Waals surface area contributed by atoms with Crippen LogP contribution in [-0.4, -0.2) is 21.5 Å². The average molecular weight is 317 g/mol. The highest BCUT2D eigenvalue weighted by Gasteiger charge is 2.42. The maximum absolute atomic E-state index is 13.0. The lowest BCUT2D eigenvalue weighted by molar-refractivity contribution is -0.128. The zero-order chi connectivity index (χ0) is 15.4.